The first-order valence-electron chi connectivity index (χ1n) is 11.1. The Morgan fingerprint density at radius 3 is 2.53 bits per heavy atom. The van der Waals surface area contributed by atoms with Crippen LogP contribution in [0.15, 0.2) is 45.8 Å². The molecule has 0 bridgehead atoms. The fourth-order valence-electron chi connectivity index (χ4n) is 3.84. The Balaban J connectivity index is 1.71. The summed E-state index contributed by atoms with van der Waals surface area (Å²) in [5.74, 6) is -0.571. The fraction of sp³-hybridized carbons (Fsp3) is 0.292. The molecule has 12 heteroatoms. The zero-order valence-electron chi connectivity index (χ0n) is 20.5. The van der Waals surface area contributed by atoms with Crippen molar-refractivity contribution in [1.29, 1.82) is 0 Å². The van der Waals surface area contributed by atoms with E-state index >= 15 is 0 Å². The lowest BCUT2D eigenvalue weighted by Gasteiger charge is -2.13. The summed E-state index contributed by atoms with van der Waals surface area (Å²) >= 11 is 1.11. The van der Waals surface area contributed by atoms with Crippen molar-refractivity contribution in [2.45, 2.75) is 38.4 Å². The Morgan fingerprint density at radius 1 is 1.11 bits per heavy atom. The zero-order valence-corrected chi connectivity index (χ0v) is 22.1. The van der Waals surface area contributed by atoms with Gasteiger partial charge in [0.25, 0.3) is 15.6 Å². The van der Waals surface area contributed by atoms with Crippen LogP contribution >= 0.6 is 11.3 Å². The minimum atomic E-state index is -3.84. The van der Waals surface area contributed by atoms with Crippen LogP contribution in [0.3, 0.4) is 0 Å². The summed E-state index contributed by atoms with van der Waals surface area (Å²) in [6, 6.07) is 6.92. The number of benzene rings is 1. The number of carbonyl (C=O) groups excluding carboxylic acids is 1. The van der Waals surface area contributed by atoms with Crippen LogP contribution < -0.4 is 15.6 Å². The molecule has 0 spiro atoms. The smallest absolute Gasteiger partial charge is 0.273 e. The van der Waals surface area contributed by atoms with Gasteiger partial charge >= 0.3 is 0 Å². The lowest BCUT2D eigenvalue weighted by Crippen LogP contribution is -2.32. The maximum atomic E-state index is 13.1. The van der Waals surface area contributed by atoms with Gasteiger partial charge in [-0.2, -0.15) is 0 Å². The molecule has 0 aliphatic heterocycles. The number of nitrogens with one attached hydrogen (secondary N) is 2. The number of sulfonamides is 1. The van der Waals surface area contributed by atoms with Crippen molar-refractivity contribution in [3.8, 4) is 11.1 Å². The first kappa shape index (κ1) is 25.5. The summed E-state index contributed by atoms with van der Waals surface area (Å²) in [5.41, 5.74) is 2.84. The average molecular weight is 527 g/mol. The van der Waals surface area contributed by atoms with E-state index in [1.807, 2.05) is 0 Å². The SMILES string of the molecule is CNC(=O)[C@H](C)Cn1cnc2ccc(-c3cnc(C)c(NS(=O)(=O)c4sc(C)nc4C)c3)cc2c1=O. The molecule has 3 heterocycles. The molecule has 0 aliphatic carbocycles. The van der Waals surface area contributed by atoms with Crippen molar-refractivity contribution < 1.29 is 13.2 Å². The molecule has 0 radical (unpaired) electrons. The summed E-state index contributed by atoms with van der Waals surface area (Å²) in [4.78, 5) is 38.0. The second kappa shape index (κ2) is 9.78. The fourth-order valence-corrected chi connectivity index (χ4v) is 6.43. The summed E-state index contributed by atoms with van der Waals surface area (Å²) in [6.45, 7) is 7.06. The van der Waals surface area contributed by atoms with Crippen LogP contribution in [0.2, 0.25) is 0 Å². The standard InChI is InChI=1S/C24H26N6O4S2/c1-13(22(31)25-5)11-30-12-27-20-7-6-17(8-19(20)23(30)32)18-9-21(14(2)26-10-18)29-36(33,34)24-15(3)28-16(4)35-24/h6-10,12-13,29H,11H2,1-5H3,(H,25,31)/t13-/m1/s1. The molecule has 4 aromatic rings. The Hall–Kier alpha value is -3.64. The predicted octanol–water partition coefficient (Wildman–Crippen LogP) is 3.02. The van der Waals surface area contributed by atoms with Gasteiger partial charge in [-0.3, -0.25) is 23.9 Å². The highest BCUT2D eigenvalue weighted by atomic mass is 32.2. The predicted molar refractivity (Wildman–Crippen MR) is 140 cm³/mol. The molecule has 10 nitrogen and oxygen atoms in total. The number of pyridine rings is 1. The second-order valence-corrected chi connectivity index (χ2v) is 11.6. The van der Waals surface area contributed by atoms with Crippen LogP contribution in [-0.2, 0) is 21.4 Å². The average Bonchev–Trinajstić information content (AvgIpc) is 3.20. The first-order chi connectivity index (χ1) is 17.0. The highest BCUT2D eigenvalue weighted by molar-refractivity contribution is 7.94. The van der Waals surface area contributed by atoms with Crippen LogP contribution in [0.1, 0.15) is 23.3 Å². The molecule has 0 saturated heterocycles. The van der Waals surface area contributed by atoms with E-state index in [0.29, 0.717) is 44.1 Å². The summed E-state index contributed by atoms with van der Waals surface area (Å²) in [7, 11) is -2.29. The topological polar surface area (TPSA) is 136 Å². The molecule has 1 amide bonds. The second-order valence-electron chi connectivity index (χ2n) is 8.52. The number of nitrogens with zero attached hydrogens (tertiary/aromatic N) is 4. The van der Waals surface area contributed by atoms with E-state index in [-0.39, 0.29) is 22.2 Å². The molecule has 36 heavy (non-hydrogen) atoms. The van der Waals surface area contributed by atoms with Crippen molar-refractivity contribution in [3.63, 3.8) is 0 Å². The quantitative estimate of drug-likeness (QED) is 0.378. The van der Waals surface area contributed by atoms with Gasteiger partial charge in [0.15, 0.2) is 4.21 Å². The summed E-state index contributed by atoms with van der Waals surface area (Å²) in [5, 5.41) is 3.63. The number of anilines is 1. The number of amides is 1. The van der Waals surface area contributed by atoms with Gasteiger partial charge in [-0.15, -0.1) is 11.3 Å². The van der Waals surface area contributed by atoms with E-state index < -0.39 is 15.9 Å². The molecule has 1 aromatic carbocycles. The van der Waals surface area contributed by atoms with Gasteiger partial charge in [0.2, 0.25) is 5.91 Å². The number of hydrogen-bond donors (Lipinski definition) is 2. The number of thiazole rings is 1. The zero-order chi connectivity index (χ0) is 26.2. The number of aryl methyl sites for hydroxylation is 3. The molecule has 1 atom stereocenters. The van der Waals surface area contributed by atoms with Gasteiger partial charge in [0.1, 0.15) is 0 Å². The molecule has 0 unspecified atom stereocenters. The number of hydrogen-bond acceptors (Lipinski definition) is 8. The van der Waals surface area contributed by atoms with Gasteiger partial charge in [0, 0.05) is 25.4 Å². The molecular weight excluding hydrogens is 500 g/mol. The van der Waals surface area contributed by atoms with Gasteiger partial charge in [0.05, 0.1) is 45.2 Å². The number of carbonyl (C=O) groups is 1. The molecule has 188 valence electrons. The van der Waals surface area contributed by atoms with E-state index in [2.05, 4.69) is 25.0 Å². The third-order valence-electron chi connectivity index (χ3n) is 5.76. The van der Waals surface area contributed by atoms with E-state index in [1.54, 1.807) is 65.2 Å². The third kappa shape index (κ3) is 5.00. The summed E-state index contributed by atoms with van der Waals surface area (Å²) < 4.78 is 30.2. The van der Waals surface area contributed by atoms with Gasteiger partial charge < -0.3 is 5.32 Å². The lowest BCUT2D eigenvalue weighted by atomic mass is 10.0. The van der Waals surface area contributed by atoms with Crippen LogP contribution in [0.5, 0.6) is 0 Å². The van der Waals surface area contributed by atoms with Crippen LogP contribution in [0.4, 0.5) is 5.69 Å². The largest absolute Gasteiger partial charge is 0.359 e. The van der Waals surface area contributed by atoms with Gasteiger partial charge in [-0.05, 0) is 44.5 Å². The highest BCUT2D eigenvalue weighted by Gasteiger charge is 2.22. The highest BCUT2D eigenvalue weighted by Crippen LogP contribution is 2.29. The third-order valence-corrected chi connectivity index (χ3v) is 8.81. The molecular formula is C24H26N6O4S2. The van der Waals surface area contributed by atoms with Crippen LogP contribution in [-0.4, -0.2) is 40.9 Å². The normalized spacial score (nSPS) is 12.5. The molecule has 3 aromatic heterocycles. The maximum Gasteiger partial charge on any atom is 0.273 e. The monoisotopic (exact) mass is 526 g/mol. The first-order valence-corrected chi connectivity index (χ1v) is 13.4. The number of fused-ring (bicyclic) bond motifs is 1. The Bertz CT molecular complexity index is 1640. The Morgan fingerprint density at radius 2 is 1.86 bits per heavy atom. The van der Waals surface area contributed by atoms with Crippen molar-refractivity contribution in [2.24, 2.45) is 5.92 Å². The molecule has 0 saturated carbocycles. The van der Waals surface area contributed by atoms with Crippen molar-refractivity contribution in [2.75, 3.05) is 11.8 Å². The maximum absolute atomic E-state index is 13.1. The lowest BCUT2D eigenvalue weighted by molar-refractivity contribution is -0.124. The molecule has 0 fully saturated rings. The van der Waals surface area contributed by atoms with E-state index in [0.717, 1.165) is 11.3 Å². The van der Waals surface area contributed by atoms with Crippen molar-refractivity contribution >= 4 is 43.9 Å². The van der Waals surface area contributed by atoms with Crippen LogP contribution in [0, 0.1) is 26.7 Å². The Labute approximate surface area is 212 Å². The van der Waals surface area contributed by atoms with Crippen molar-refractivity contribution in [1.82, 2.24) is 24.8 Å². The Kier molecular flexibility index (Phi) is 6.92. The van der Waals surface area contributed by atoms with Crippen LogP contribution in [0.25, 0.3) is 22.0 Å². The number of rotatable bonds is 7. The van der Waals surface area contributed by atoms with Gasteiger partial charge in [-0.1, -0.05) is 13.0 Å². The molecule has 2 N–H and O–H groups in total. The van der Waals surface area contributed by atoms with E-state index in [1.165, 1.54) is 10.9 Å². The van der Waals surface area contributed by atoms with Gasteiger partial charge in [-0.25, -0.2) is 18.4 Å². The van der Waals surface area contributed by atoms with Crippen molar-refractivity contribution in [3.05, 3.63) is 63.5 Å². The summed E-state index contributed by atoms with van der Waals surface area (Å²) in [6.07, 6.45) is 3.06. The molecule has 4 rings (SSSR count). The minimum absolute atomic E-state index is 0.160. The minimum Gasteiger partial charge on any atom is -0.359 e. The van der Waals surface area contributed by atoms with E-state index in [4.69, 9.17) is 0 Å². The number of aromatic nitrogens is 4. The molecule has 0 aliphatic rings. The van der Waals surface area contributed by atoms with E-state index in [9.17, 15) is 18.0 Å².